The quantitative estimate of drug-likeness (QED) is 0.823. The third kappa shape index (κ3) is 2.57. The number of hydrogen-bond acceptors (Lipinski definition) is 7. The van der Waals surface area contributed by atoms with E-state index in [1.165, 1.54) is 7.11 Å². The van der Waals surface area contributed by atoms with E-state index in [9.17, 15) is 4.79 Å². The van der Waals surface area contributed by atoms with Crippen LogP contribution < -0.4 is 11.1 Å². The zero-order valence-corrected chi connectivity index (χ0v) is 11.8. The van der Waals surface area contributed by atoms with Crippen molar-refractivity contribution in [1.82, 2.24) is 9.78 Å². The number of aromatic nitrogens is 2. The minimum atomic E-state index is -0.561. The molecule has 2 aromatic rings. The summed E-state index contributed by atoms with van der Waals surface area (Å²) in [5.74, 6) is -0.561. The molecule has 3 N–H and O–H groups in total. The molecule has 0 amide bonds. The lowest BCUT2D eigenvalue weighted by molar-refractivity contribution is 0.0603. The molecule has 0 aliphatic carbocycles. The second-order valence-corrected chi connectivity index (χ2v) is 5.05. The number of methoxy groups -OCH3 is 1. The van der Waals surface area contributed by atoms with Crippen LogP contribution in [0.25, 0.3) is 0 Å². The Morgan fingerprint density at radius 1 is 1.70 bits per heavy atom. The van der Waals surface area contributed by atoms with Gasteiger partial charge in [0.15, 0.2) is 0 Å². The number of aryl methyl sites for hydroxylation is 1. The molecule has 0 fully saturated rings. The average Bonchev–Trinajstić information content (AvgIpc) is 2.99. The van der Waals surface area contributed by atoms with Gasteiger partial charge < -0.3 is 15.8 Å². The Hall–Kier alpha value is -2.53. The highest BCUT2D eigenvalue weighted by Gasteiger charge is 2.22. The lowest BCUT2D eigenvalue weighted by Crippen LogP contribution is -2.08. The largest absolute Gasteiger partial charge is 0.465 e. The van der Waals surface area contributed by atoms with E-state index in [4.69, 9.17) is 15.7 Å². The van der Waals surface area contributed by atoms with Gasteiger partial charge in [-0.05, 0) is 0 Å². The maximum absolute atomic E-state index is 11.7. The second-order valence-electron chi connectivity index (χ2n) is 4.03. The number of anilines is 2. The molecule has 0 atom stereocenters. The van der Waals surface area contributed by atoms with Gasteiger partial charge >= 0.3 is 5.97 Å². The number of nitrogens with zero attached hydrogens (tertiary/aromatic N) is 3. The van der Waals surface area contributed by atoms with E-state index in [0.29, 0.717) is 16.4 Å². The summed E-state index contributed by atoms with van der Waals surface area (Å²) in [6, 6.07) is 1.97. The molecule has 8 heteroatoms. The number of carbonyl (C=O) groups excluding carboxylic acids is 1. The van der Waals surface area contributed by atoms with Gasteiger partial charge in [-0.3, -0.25) is 4.68 Å². The summed E-state index contributed by atoms with van der Waals surface area (Å²) in [6.45, 7) is 0.475. The number of esters is 1. The molecule has 0 radical (unpaired) electrons. The van der Waals surface area contributed by atoms with Gasteiger partial charge in [0.05, 0.1) is 19.0 Å². The zero-order valence-electron chi connectivity index (χ0n) is 11.0. The molecule has 2 aromatic heterocycles. The number of hydrogen-bond donors (Lipinski definition) is 2. The Morgan fingerprint density at radius 3 is 3.00 bits per heavy atom. The molecule has 104 valence electrons. The van der Waals surface area contributed by atoms with Gasteiger partial charge in [-0.15, -0.1) is 11.3 Å². The van der Waals surface area contributed by atoms with E-state index < -0.39 is 5.97 Å². The molecule has 2 heterocycles. The van der Waals surface area contributed by atoms with Crippen molar-refractivity contribution in [3.05, 3.63) is 28.4 Å². The summed E-state index contributed by atoms with van der Waals surface area (Å²) >= 11 is 1.13. The van der Waals surface area contributed by atoms with Crippen LogP contribution in [0.2, 0.25) is 0 Å². The Bertz CT molecular complexity index is 683. The maximum atomic E-state index is 11.7. The van der Waals surface area contributed by atoms with Crippen LogP contribution in [0.4, 0.5) is 10.7 Å². The van der Waals surface area contributed by atoms with E-state index >= 15 is 0 Å². The van der Waals surface area contributed by atoms with Crippen LogP contribution in [0.3, 0.4) is 0 Å². The van der Waals surface area contributed by atoms with E-state index in [-0.39, 0.29) is 11.3 Å². The fraction of sp³-hybridized carbons (Fsp3) is 0.250. The first-order valence-corrected chi connectivity index (χ1v) is 6.50. The molecular formula is C12H13N5O2S. The molecule has 0 aliphatic rings. The highest BCUT2D eigenvalue weighted by molar-refractivity contribution is 7.17. The number of nitriles is 1. The number of nitrogens with one attached hydrogen (secondary N) is 1. The molecule has 0 bridgehead atoms. The molecular weight excluding hydrogens is 278 g/mol. The predicted octanol–water partition coefficient (Wildman–Crippen LogP) is 1.33. The number of nitrogen functional groups attached to an aromatic ring is 1. The third-order valence-electron chi connectivity index (χ3n) is 2.65. The van der Waals surface area contributed by atoms with Gasteiger partial charge in [-0.25, -0.2) is 4.79 Å². The summed E-state index contributed by atoms with van der Waals surface area (Å²) in [4.78, 5) is 12.0. The lowest BCUT2D eigenvalue weighted by Gasteiger charge is -2.05. The van der Waals surface area contributed by atoms with Crippen molar-refractivity contribution in [2.24, 2.45) is 7.05 Å². The van der Waals surface area contributed by atoms with Gasteiger partial charge in [0.25, 0.3) is 0 Å². The van der Waals surface area contributed by atoms with Gasteiger partial charge in [0.2, 0.25) is 0 Å². The summed E-state index contributed by atoms with van der Waals surface area (Å²) in [5.41, 5.74) is 7.10. The van der Waals surface area contributed by atoms with Crippen LogP contribution in [-0.4, -0.2) is 22.9 Å². The average molecular weight is 291 g/mol. The SMILES string of the molecule is COC(=O)c1c(NCc2cnn(C)c2)sc(C#N)c1N. The van der Waals surface area contributed by atoms with E-state index in [2.05, 4.69) is 10.4 Å². The zero-order chi connectivity index (χ0) is 14.7. The minimum Gasteiger partial charge on any atom is -0.465 e. The molecule has 0 aromatic carbocycles. The first-order valence-electron chi connectivity index (χ1n) is 5.69. The Morgan fingerprint density at radius 2 is 2.45 bits per heavy atom. The first kappa shape index (κ1) is 13.9. The Balaban J connectivity index is 2.26. The van der Waals surface area contributed by atoms with Gasteiger partial charge in [0.1, 0.15) is 21.5 Å². The van der Waals surface area contributed by atoms with E-state index in [1.54, 1.807) is 10.9 Å². The van der Waals surface area contributed by atoms with Crippen molar-refractivity contribution in [1.29, 1.82) is 5.26 Å². The normalized spacial score (nSPS) is 10.1. The summed E-state index contributed by atoms with van der Waals surface area (Å²) in [5, 5.41) is 16.6. The number of ether oxygens (including phenoxy) is 1. The fourth-order valence-electron chi connectivity index (χ4n) is 1.70. The van der Waals surface area contributed by atoms with Crippen LogP contribution in [-0.2, 0) is 18.3 Å². The molecule has 0 spiro atoms. The van der Waals surface area contributed by atoms with Crippen LogP contribution in [0, 0.1) is 11.3 Å². The number of rotatable bonds is 4. The molecule has 7 nitrogen and oxygen atoms in total. The van der Waals surface area contributed by atoms with Gasteiger partial charge in [-0.1, -0.05) is 0 Å². The number of thiophene rings is 1. The van der Waals surface area contributed by atoms with Crippen molar-refractivity contribution in [3.8, 4) is 6.07 Å². The van der Waals surface area contributed by atoms with E-state index in [1.807, 2.05) is 19.3 Å². The summed E-state index contributed by atoms with van der Waals surface area (Å²) in [7, 11) is 3.09. The Labute approximate surface area is 119 Å². The van der Waals surface area contributed by atoms with Gasteiger partial charge in [-0.2, -0.15) is 10.4 Å². The molecule has 20 heavy (non-hydrogen) atoms. The number of nitrogens with two attached hydrogens (primary N) is 1. The molecule has 0 saturated heterocycles. The van der Waals surface area contributed by atoms with Crippen LogP contribution in [0.15, 0.2) is 12.4 Å². The molecule has 2 rings (SSSR count). The second kappa shape index (κ2) is 5.63. The summed E-state index contributed by atoms with van der Waals surface area (Å²) in [6.07, 6.45) is 3.57. The highest BCUT2D eigenvalue weighted by Crippen LogP contribution is 2.35. The van der Waals surface area contributed by atoms with Crippen molar-refractivity contribution in [3.63, 3.8) is 0 Å². The van der Waals surface area contributed by atoms with Crippen LogP contribution >= 0.6 is 11.3 Å². The van der Waals surface area contributed by atoms with Gasteiger partial charge in [0, 0.05) is 25.4 Å². The highest BCUT2D eigenvalue weighted by atomic mass is 32.1. The maximum Gasteiger partial charge on any atom is 0.343 e. The fourth-order valence-corrected chi connectivity index (χ4v) is 2.60. The van der Waals surface area contributed by atoms with Crippen LogP contribution in [0.1, 0.15) is 20.8 Å². The standard InChI is InChI=1S/C12H13N5O2S/c1-17-6-7(5-16-17)4-15-11-9(12(18)19-2)10(14)8(3-13)20-11/h5-6,15H,4,14H2,1-2H3. The molecule has 0 unspecified atom stereocenters. The lowest BCUT2D eigenvalue weighted by atomic mass is 10.2. The number of carbonyl (C=O) groups is 1. The van der Waals surface area contributed by atoms with Crippen molar-refractivity contribution in [2.75, 3.05) is 18.2 Å². The van der Waals surface area contributed by atoms with Crippen molar-refractivity contribution >= 4 is 28.0 Å². The van der Waals surface area contributed by atoms with Crippen molar-refractivity contribution < 1.29 is 9.53 Å². The third-order valence-corrected chi connectivity index (χ3v) is 3.72. The molecule has 0 saturated carbocycles. The molecule has 0 aliphatic heterocycles. The Kier molecular flexibility index (Phi) is 3.91. The van der Waals surface area contributed by atoms with Crippen molar-refractivity contribution in [2.45, 2.75) is 6.54 Å². The summed E-state index contributed by atoms with van der Waals surface area (Å²) < 4.78 is 6.38. The predicted molar refractivity (Wildman–Crippen MR) is 75.3 cm³/mol. The minimum absolute atomic E-state index is 0.151. The topological polar surface area (TPSA) is 106 Å². The first-order chi connectivity index (χ1) is 9.56. The van der Waals surface area contributed by atoms with E-state index in [0.717, 1.165) is 16.9 Å². The van der Waals surface area contributed by atoms with Crippen LogP contribution in [0.5, 0.6) is 0 Å². The smallest absolute Gasteiger partial charge is 0.343 e. The monoisotopic (exact) mass is 291 g/mol.